The van der Waals surface area contributed by atoms with Gasteiger partial charge in [0.05, 0.1) is 18.9 Å². The van der Waals surface area contributed by atoms with Gasteiger partial charge in [-0.15, -0.1) is 12.6 Å². The number of nitrogens with two attached hydrogens (primary N) is 1. The van der Waals surface area contributed by atoms with E-state index in [4.69, 9.17) is 10.8 Å². The molecular weight excluding hydrogens is 522 g/mol. The Hall–Kier alpha value is -3.20. The Morgan fingerprint density at radius 3 is 1.87 bits per heavy atom. The van der Waals surface area contributed by atoms with Gasteiger partial charge in [0.25, 0.3) is 0 Å². The molecule has 1 heterocycles. The second-order valence-electron chi connectivity index (χ2n) is 9.85. The molecule has 1 aliphatic rings. The summed E-state index contributed by atoms with van der Waals surface area (Å²) < 4.78 is 0. The van der Waals surface area contributed by atoms with E-state index in [0.717, 1.165) is 4.90 Å². The monoisotopic (exact) mass is 559 g/mol. The number of carbonyl (C=O) groups is 7. The lowest BCUT2D eigenvalue weighted by Gasteiger charge is -2.31. The smallest absolute Gasteiger partial charge is 0.305 e. The number of carboxylic acids is 2. The molecule has 0 radical (unpaired) electrons. The van der Waals surface area contributed by atoms with E-state index >= 15 is 0 Å². The zero-order valence-electron chi connectivity index (χ0n) is 21.8. The predicted octanol–water partition coefficient (Wildman–Crippen LogP) is -1.52. The number of likely N-dealkylation sites (tertiary alicyclic amines) is 1. The molecule has 0 unspecified atom stereocenters. The van der Waals surface area contributed by atoms with Crippen molar-refractivity contribution in [2.75, 3.05) is 6.54 Å². The van der Waals surface area contributed by atoms with Gasteiger partial charge in [-0.25, -0.2) is 0 Å². The summed E-state index contributed by atoms with van der Waals surface area (Å²) in [6, 6.07) is -6.08. The van der Waals surface area contributed by atoms with Gasteiger partial charge >= 0.3 is 11.9 Å². The fourth-order valence-electron chi connectivity index (χ4n) is 3.87. The van der Waals surface area contributed by atoms with E-state index in [2.05, 4.69) is 28.6 Å². The molecule has 38 heavy (non-hydrogen) atoms. The van der Waals surface area contributed by atoms with Crippen molar-refractivity contribution in [3.05, 3.63) is 0 Å². The van der Waals surface area contributed by atoms with Gasteiger partial charge in [0.2, 0.25) is 28.7 Å². The molecule has 5 atom stereocenters. The van der Waals surface area contributed by atoms with Gasteiger partial charge in [-0.05, 0) is 24.7 Å². The number of amides is 4. The van der Waals surface area contributed by atoms with Crippen LogP contribution in [-0.2, 0) is 33.6 Å². The SMILES string of the molecule is CC(C)[C@H](N)C(=O)N[C@@H](CC(=O)O)C(=O)N1CCC[C@H]1C(=O)N[C@H](C(=O)N[C@@H](CC(=O)O)C(=O)S)C(C)C. The molecule has 1 fully saturated rings. The Morgan fingerprint density at radius 2 is 1.39 bits per heavy atom. The van der Waals surface area contributed by atoms with E-state index in [-0.39, 0.29) is 18.9 Å². The highest BCUT2D eigenvalue weighted by molar-refractivity contribution is 7.96. The second kappa shape index (κ2) is 14.7. The topological polar surface area (TPSA) is 225 Å². The van der Waals surface area contributed by atoms with Crippen LogP contribution in [0.5, 0.6) is 0 Å². The first-order valence-electron chi connectivity index (χ1n) is 12.2. The van der Waals surface area contributed by atoms with Crippen LogP contribution < -0.4 is 21.7 Å². The van der Waals surface area contributed by atoms with Crippen LogP contribution in [0.4, 0.5) is 0 Å². The summed E-state index contributed by atoms with van der Waals surface area (Å²) in [4.78, 5) is 86.8. The summed E-state index contributed by atoms with van der Waals surface area (Å²) in [5.74, 6) is -6.41. The third kappa shape index (κ3) is 9.59. The molecule has 4 amide bonds. The minimum Gasteiger partial charge on any atom is -0.481 e. The number of hydrogen-bond acceptors (Lipinski definition) is 8. The molecule has 0 aromatic rings. The summed E-state index contributed by atoms with van der Waals surface area (Å²) in [6.45, 7) is 6.74. The van der Waals surface area contributed by atoms with Crippen LogP contribution in [-0.4, -0.2) is 92.5 Å². The number of nitrogens with zero attached hydrogens (tertiary/aromatic N) is 1. The Kier molecular flexibility index (Phi) is 12.7. The zero-order valence-corrected chi connectivity index (χ0v) is 22.7. The summed E-state index contributed by atoms with van der Waals surface area (Å²) in [6.07, 6.45) is -0.786. The summed E-state index contributed by atoms with van der Waals surface area (Å²) >= 11 is 3.60. The first-order chi connectivity index (χ1) is 17.6. The highest BCUT2D eigenvalue weighted by Gasteiger charge is 2.40. The summed E-state index contributed by atoms with van der Waals surface area (Å²) in [7, 11) is 0. The Labute approximate surface area is 225 Å². The van der Waals surface area contributed by atoms with E-state index in [1.165, 1.54) is 0 Å². The fourth-order valence-corrected chi connectivity index (χ4v) is 4.03. The third-order valence-corrected chi connectivity index (χ3v) is 6.40. The standard InChI is InChI=1S/C23H37N5O9S/c1-10(2)17(24)20(34)25-12(8-15(29)30)22(36)28-7-5-6-14(28)19(33)27-18(11(3)4)21(35)26-13(23(37)38)9-16(31)32/h10-14,17-18H,5-9,24H2,1-4H3,(H,25,34)(H,26,35)(H,27,33)(H,29,30)(H,31,32)(H,37,38)/t12-,13-,14-,17-,18-/m0/s1. The molecular formula is C23H37N5O9S. The maximum atomic E-state index is 13.2. The van der Waals surface area contributed by atoms with Gasteiger partial charge in [0, 0.05) is 6.54 Å². The van der Waals surface area contributed by atoms with Gasteiger partial charge < -0.3 is 36.8 Å². The predicted molar refractivity (Wildman–Crippen MR) is 137 cm³/mol. The number of hydrogen-bond donors (Lipinski definition) is 7. The van der Waals surface area contributed by atoms with E-state index in [1.807, 2.05) is 0 Å². The van der Waals surface area contributed by atoms with Crippen LogP contribution in [0.3, 0.4) is 0 Å². The van der Waals surface area contributed by atoms with Crippen molar-refractivity contribution >= 4 is 53.3 Å². The average Bonchev–Trinajstić information content (AvgIpc) is 3.29. The van der Waals surface area contributed by atoms with E-state index in [1.54, 1.807) is 27.7 Å². The summed E-state index contributed by atoms with van der Waals surface area (Å²) in [5, 5.41) is 24.6. The highest BCUT2D eigenvalue weighted by atomic mass is 32.1. The first-order valence-corrected chi connectivity index (χ1v) is 12.6. The summed E-state index contributed by atoms with van der Waals surface area (Å²) in [5.41, 5.74) is 5.81. The third-order valence-electron chi connectivity index (χ3n) is 6.09. The van der Waals surface area contributed by atoms with Gasteiger partial charge in [0.15, 0.2) is 0 Å². The normalized spacial score (nSPS) is 18.3. The molecule has 0 bridgehead atoms. The molecule has 0 spiro atoms. The first kappa shape index (κ1) is 32.8. The Balaban J connectivity index is 3.06. The van der Waals surface area contributed by atoms with Crippen LogP contribution in [0.1, 0.15) is 53.4 Å². The molecule has 1 rings (SSSR count). The number of carbonyl (C=O) groups excluding carboxylic acids is 5. The lowest BCUT2D eigenvalue weighted by atomic mass is 10.0. The number of thiol groups is 1. The molecule has 0 aromatic carbocycles. The van der Waals surface area contributed by atoms with Crippen molar-refractivity contribution in [2.45, 2.75) is 83.6 Å². The quantitative estimate of drug-likeness (QED) is 0.122. The second-order valence-corrected chi connectivity index (χ2v) is 10.3. The fraction of sp³-hybridized carbons (Fsp3) is 0.696. The van der Waals surface area contributed by atoms with Gasteiger partial charge in [-0.1, -0.05) is 27.7 Å². The van der Waals surface area contributed by atoms with Crippen molar-refractivity contribution in [3.8, 4) is 0 Å². The van der Waals surface area contributed by atoms with Crippen LogP contribution in [0, 0.1) is 11.8 Å². The van der Waals surface area contributed by atoms with Gasteiger partial charge in [0.1, 0.15) is 24.2 Å². The molecule has 1 aliphatic heterocycles. The molecule has 7 N–H and O–H groups in total. The zero-order chi connectivity index (χ0) is 29.3. The van der Waals surface area contributed by atoms with Crippen LogP contribution >= 0.6 is 12.6 Å². The van der Waals surface area contributed by atoms with Crippen molar-refractivity contribution in [3.63, 3.8) is 0 Å². The lowest BCUT2D eigenvalue weighted by Crippen LogP contribution is -2.59. The van der Waals surface area contributed by atoms with Gasteiger partial charge in [-0.3, -0.25) is 33.6 Å². The Morgan fingerprint density at radius 1 is 0.868 bits per heavy atom. The highest BCUT2D eigenvalue weighted by Crippen LogP contribution is 2.20. The maximum Gasteiger partial charge on any atom is 0.305 e. The molecule has 0 aromatic heterocycles. The number of aliphatic carboxylic acids is 2. The van der Waals surface area contributed by atoms with Gasteiger partial charge in [-0.2, -0.15) is 0 Å². The van der Waals surface area contributed by atoms with Crippen molar-refractivity contribution in [2.24, 2.45) is 17.6 Å². The molecule has 15 heteroatoms. The number of rotatable bonds is 14. The lowest BCUT2D eigenvalue weighted by molar-refractivity contribution is -0.146. The Bertz CT molecular complexity index is 942. The van der Waals surface area contributed by atoms with Crippen molar-refractivity contribution in [1.82, 2.24) is 20.9 Å². The minimum absolute atomic E-state index is 0.118. The van der Waals surface area contributed by atoms with Crippen LogP contribution in [0.2, 0.25) is 0 Å². The molecule has 14 nitrogen and oxygen atoms in total. The molecule has 0 aliphatic carbocycles. The maximum absolute atomic E-state index is 13.2. The molecule has 0 saturated carbocycles. The molecule has 214 valence electrons. The van der Waals surface area contributed by atoms with Crippen LogP contribution in [0.25, 0.3) is 0 Å². The van der Waals surface area contributed by atoms with Crippen molar-refractivity contribution < 1.29 is 43.8 Å². The van der Waals surface area contributed by atoms with Crippen molar-refractivity contribution in [1.29, 1.82) is 0 Å². The molecule has 1 saturated heterocycles. The number of nitrogens with one attached hydrogen (secondary N) is 3. The van der Waals surface area contributed by atoms with E-state index in [9.17, 15) is 38.7 Å². The average molecular weight is 560 g/mol. The largest absolute Gasteiger partial charge is 0.481 e. The van der Waals surface area contributed by atoms with E-state index < -0.39 is 89.7 Å². The van der Waals surface area contributed by atoms with E-state index in [0.29, 0.717) is 6.42 Å². The number of carboxylic acid groups (broad SMARTS) is 2. The van der Waals surface area contributed by atoms with Crippen LogP contribution in [0.15, 0.2) is 0 Å². The minimum atomic E-state index is -1.46.